The van der Waals surface area contributed by atoms with E-state index in [4.69, 9.17) is 5.11 Å². The van der Waals surface area contributed by atoms with Crippen LogP contribution < -0.4 is 5.32 Å². The number of carboxylic acid groups (broad SMARTS) is 1. The Morgan fingerprint density at radius 3 is 2.65 bits per heavy atom. The van der Waals surface area contributed by atoms with E-state index in [-0.39, 0.29) is 12.0 Å². The van der Waals surface area contributed by atoms with Crippen molar-refractivity contribution in [1.82, 2.24) is 5.32 Å². The van der Waals surface area contributed by atoms with E-state index in [0.29, 0.717) is 0 Å². The summed E-state index contributed by atoms with van der Waals surface area (Å²) in [6, 6.07) is 4.28. The van der Waals surface area contributed by atoms with E-state index < -0.39 is 23.7 Å². The van der Waals surface area contributed by atoms with Crippen LogP contribution in [0.4, 0.5) is 4.39 Å². The monoisotopic (exact) mass is 237 g/mol. The highest BCUT2D eigenvalue weighted by Gasteiger charge is 2.20. The van der Waals surface area contributed by atoms with Gasteiger partial charge in [0, 0.05) is 0 Å². The first-order valence-electron chi connectivity index (χ1n) is 4.95. The number of halogens is 1. The summed E-state index contributed by atoms with van der Waals surface area (Å²) in [5.74, 6) is -2.63. The summed E-state index contributed by atoms with van der Waals surface area (Å²) >= 11 is 0. The first kappa shape index (κ1) is 12.9. The van der Waals surface area contributed by atoms with Crippen LogP contribution in [0.3, 0.4) is 0 Å². The molecule has 0 aliphatic carbocycles. The van der Waals surface area contributed by atoms with E-state index in [9.17, 15) is 14.0 Å². The zero-order valence-corrected chi connectivity index (χ0v) is 9.02. The zero-order valence-electron chi connectivity index (χ0n) is 9.02. The minimum atomic E-state index is -1.19. The van der Waals surface area contributed by atoms with Crippen molar-refractivity contribution < 1.29 is 19.1 Å². The molecule has 0 fully saturated rings. The van der Waals surface area contributed by atoms with Crippen LogP contribution in [0, 0.1) is 5.82 Å². The van der Waals surface area contributed by atoms with Crippen molar-refractivity contribution in [1.29, 1.82) is 0 Å². The molecule has 0 saturated heterocycles. The van der Waals surface area contributed by atoms with Crippen LogP contribution in [0.5, 0.6) is 0 Å². The Morgan fingerprint density at radius 2 is 2.12 bits per heavy atom. The number of nitrogens with one attached hydrogen (secondary N) is 1. The van der Waals surface area contributed by atoms with Gasteiger partial charge in [0.2, 0.25) is 0 Å². The van der Waals surface area contributed by atoms with Crippen LogP contribution >= 0.6 is 0 Å². The molecule has 17 heavy (non-hydrogen) atoms. The molecule has 0 aromatic heterocycles. The first-order valence-corrected chi connectivity index (χ1v) is 4.95. The second kappa shape index (κ2) is 5.79. The molecule has 0 unspecified atom stereocenters. The Morgan fingerprint density at radius 1 is 1.47 bits per heavy atom. The van der Waals surface area contributed by atoms with Crippen LogP contribution in [0.25, 0.3) is 0 Å². The van der Waals surface area contributed by atoms with Gasteiger partial charge in [-0.1, -0.05) is 18.2 Å². The summed E-state index contributed by atoms with van der Waals surface area (Å²) < 4.78 is 13.2. The highest BCUT2D eigenvalue weighted by atomic mass is 19.1. The van der Waals surface area contributed by atoms with Gasteiger partial charge in [0.1, 0.15) is 11.9 Å². The molecule has 4 nitrogen and oxygen atoms in total. The third kappa shape index (κ3) is 3.41. The summed E-state index contributed by atoms with van der Waals surface area (Å²) in [6.07, 6.45) is 1.45. The largest absolute Gasteiger partial charge is 0.480 e. The third-order valence-corrected chi connectivity index (χ3v) is 2.12. The van der Waals surface area contributed by atoms with Crippen molar-refractivity contribution in [2.75, 3.05) is 0 Å². The molecule has 0 aliphatic heterocycles. The quantitative estimate of drug-likeness (QED) is 0.764. The number of carbonyl (C=O) groups excluding carboxylic acids is 1. The summed E-state index contributed by atoms with van der Waals surface area (Å²) in [6.45, 7) is 3.39. The molecule has 1 aromatic carbocycles. The molecule has 0 heterocycles. The van der Waals surface area contributed by atoms with E-state index >= 15 is 0 Å². The molecule has 1 rings (SSSR count). The Bertz CT molecular complexity index is 445. The SMILES string of the molecule is C=CC[C@H](NC(=O)c1ccccc1F)C(=O)O. The van der Waals surface area contributed by atoms with Crippen molar-refractivity contribution in [3.05, 3.63) is 48.3 Å². The lowest BCUT2D eigenvalue weighted by atomic mass is 10.1. The van der Waals surface area contributed by atoms with Crippen LogP contribution in [-0.4, -0.2) is 23.0 Å². The molecular weight excluding hydrogens is 225 g/mol. The minimum Gasteiger partial charge on any atom is -0.480 e. The topological polar surface area (TPSA) is 66.4 Å². The normalized spacial score (nSPS) is 11.6. The van der Waals surface area contributed by atoms with Gasteiger partial charge in [-0.2, -0.15) is 0 Å². The van der Waals surface area contributed by atoms with Crippen molar-refractivity contribution in [2.45, 2.75) is 12.5 Å². The number of amides is 1. The molecule has 2 N–H and O–H groups in total. The van der Waals surface area contributed by atoms with Crippen molar-refractivity contribution in [2.24, 2.45) is 0 Å². The summed E-state index contributed by atoms with van der Waals surface area (Å²) in [4.78, 5) is 22.4. The standard InChI is InChI=1S/C12H12FNO3/c1-2-5-10(12(16)17)14-11(15)8-6-3-4-7-9(8)13/h2-4,6-7,10H,1,5H2,(H,14,15)(H,16,17)/t10-/m0/s1. The van der Waals surface area contributed by atoms with Gasteiger partial charge >= 0.3 is 5.97 Å². The van der Waals surface area contributed by atoms with Gasteiger partial charge in [0.25, 0.3) is 5.91 Å². The molecule has 1 amide bonds. The second-order valence-corrected chi connectivity index (χ2v) is 3.37. The Labute approximate surface area is 97.8 Å². The predicted molar refractivity (Wildman–Crippen MR) is 60.1 cm³/mol. The molecule has 5 heteroatoms. The first-order chi connectivity index (χ1) is 8.06. The maximum absolute atomic E-state index is 13.2. The number of hydrogen-bond donors (Lipinski definition) is 2. The highest BCUT2D eigenvalue weighted by molar-refractivity contribution is 5.96. The maximum atomic E-state index is 13.2. The molecule has 0 aliphatic rings. The zero-order chi connectivity index (χ0) is 12.8. The molecule has 1 aromatic rings. The van der Waals surface area contributed by atoms with E-state index in [1.165, 1.54) is 24.3 Å². The number of carbonyl (C=O) groups is 2. The Balaban J connectivity index is 2.81. The van der Waals surface area contributed by atoms with E-state index in [1.54, 1.807) is 0 Å². The van der Waals surface area contributed by atoms with Gasteiger partial charge in [-0.25, -0.2) is 9.18 Å². The second-order valence-electron chi connectivity index (χ2n) is 3.37. The van der Waals surface area contributed by atoms with Crippen LogP contribution in [0.15, 0.2) is 36.9 Å². The van der Waals surface area contributed by atoms with Crippen molar-refractivity contribution in [3.63, 3.8) is 0 Å². The van der Waals surface area contributed by atoms with E-state index in [1.807, 2.05) is 0 Å². The van der Waals surface area contributed by atoms with Gasteiger partial charge < -0.3 is 10.4 Å². The van der Waals surface area contributed by atoms with Crippen LogP contribution in [0.2, 0.25) is 0 Å². The minimum absolute atomic E-state index is 0.0789. The fourth-order valence-corrected chi connectivity index (χ4v) is 1.27. The van der Waals surface area contributed by atoms with Gasteiger partial charge in [-0.15, -0.1) is 6.58 Å². The predicted octanol–water partition coefficient (Wildman–Crippen LogP) is 1.58. The van der Waals surface area contributed by atoms with E-state index in [0.717, 1.165) is 6.07 Å². The molecule has 1 atom stereocenters. The molecule has 0 bridgehead atoms. The van der Waals surface area contributed by atoms with Gasteiger partial charge in [-0.05, 0) is 18.6 Å². The van der Waals surface area contributed by atoms with Gasteiger partial charge in [0.15, 0.2) is 0 Å². The number of hydrogen-bond acceptors (Lipinski definition) is 2. The number of rotatable bonds is 5. The highest BCUT2D eigenvalue weighted by Crippen LogP contribution is 2.07. The summed E-state index contributed by atoms with van der Waals surface area (Å²) in [7, 11) is 0. The average Bonchev–Trinajstić information content (AvgIpc) is 2.28. The fraction of sp³-hybridized carbons (Fsp3) is 0.167. The van der Waals surface area contributed by atoms with Crippen LogP contribution in [-0.2, 0) is 4.79 Å². The molecule has 0 spiro atoms. The van der Waals surface area contributed by atoms with E-state index in [2.05, 4.69) is 11.9 Å². The number of carboxylic acids is 1. The molecule has 90 valence electrons. The molecular formula is C12H12FNO3. The van der Waals surface area contributed by atoms with Crippen molar-refractivity contribution >= 4 is 11.9 Å². The van der Waals surface area contributed by atoms with Gasteiger partial charge in [-0.3, -0.25) is 4.79 Å². The smallest absolute Gasteiger partial charge is 0.326 e. The Kier molecular flexibility index (Phi) is 4.39. The maximum Gasteiger partial charge on any atom is 0.326 e. The fourth-order valence-electron chi connectivity index (χ4n) is 1.27. The van der Waals surface area contributed by atoms with Gasteiger partial charge in [0.05, 0.1) is 5.56 Å². The average molecular weight is 237 g/mol. The van der Waals surface area contributed by atoms with Crippen LogP contribution in [0.1, 0.15) is 16.8 Å². The van der Waals surface area contributed by atoms with Crippen molar-refractivity contribution in [3.8, 4) is 0 Å². The lowest BCUT2D eigenvalue weighted by Gasteiger charge is -2.12. The summed E-state index contributed by atoms with van der Waals surface area (Å²) in [5.41, 5.74) is -0.178. The lowest BCUT2D eigenvalue weighted by Crippen LogP contribution is -2.40. The summed E-state index contributed by atoms with van der Waals surface area (Å²) in [5, 5.41) is 11.0. The number of benzene rings is 1. The molecule has 0 radical (unpaired) electrons. The lowest BCUT2D eigenvalue weighted by molar-refractivity contribution is -0.139. The molecule has 0 saturated carbocycles. The Hall–Kier alpha value is -2.17. The number of aliphatic carboxylic acids is 1. The third-order valence-electron chi connectivity index (χ3n) is 2.12.